The smallest absolute Gasteiger partial charge is 0.0413 e. The third-order valence-electron chi connectivity index (χ3n) is 5.33. The van der Waals surface area contributed by atoms with Crippen LogP contribution in [0.4, 0.5) is 5.69 Å². The number of rotatable bonds is 3. The molecule has 1 fully saturated rings. The second kappa shape index (κ2) is 6.85. The van der Waals surface area contributed by atoms with Crippen LogP contribution >= 0.6 is 15.9 Å². The number of fused-ring (bicyclic) bond motifs is 1. The molecule has 2 unspecified atom stereocenters. The topological polar surface area (TPSA) is 28.2 Å². The molecule has 1 saturated heterocycles. The van der Waals surface area contributed by atoms with Gasteiger partial charge in [-0.2, -0.15) is 0 Å². The summed E-state index contributed by atoms with van der Waals surface area (Å²) in [6.07, 6.45) is 8.83. The molecule has 2 heterocycles. The second-order valence-corrected chi connectivity index (χ2v) is 7.93. The van der Waals surface area contributed by atoms with Crippen LogP contribution in [0, 0.1) is 6.92 Å². The first-order valence-electron chi connectivity index (χ1n) is 8.90. The lowest BCUT2D eigenvalue weighted by molar-refractivity contribution is 0.408. The molecule has 0 saturated carbocycles. The molecule has 4 rings (SSSR count). The number of hydrogen-bond donors (Lipinski definition) is 1. The van der Waals surface area contributed by atoms with Crippen molar-refractivity contribution in [2.24, 2.45) is 0 Å². The summed E-state index contributed by atoms with van der Waals surface area (Å²) in [5.41, 5.74) is 5.53. The molecule has 1 aliphatic carbocycles. The van der Waals surface area contributed by atoms with Crippen LogP contribution in [0.15, 0.2) is 41.1 Å². The van der Waals surface area contributed by atoms with Crippen LogP contribution in [0.2, 0.25) is 0 Å². The Morgan fingerprint density at radius 3 is 3.04 bits per heavy atom. The lowest BCUT2D eigenvalue weighted by Crippen LogP contribution is -2.37. The molecule has 1 aliphatic heterocycles. The SMILES string of the molecule is Cc1cccc(N2CCC(NC3CCCc4c(Br)cncc43)C2)c1. The molecule has 3 nitrogen and oxygen atoms in total. The molecule has 0 spiro atoms. The van der Waals surface area contributed by atoms with Crippen molar-refractivity contribution in [1.29, 1.82) is 0 Å². The Morgan fingerprint density at radius 2 is 2.17 bits per heavy atom. The van der Waals surface area contributed by atoms with E-state index in [-0.39, 0.29) is 0 Å². The van der Waals surface area contributed by atoms with Crippen molar-refractivity contribution in [2.45, 2.75) is 44.7 Å². The highest BCUT2D eigenvalue weighted by molar-refractivity contribution is 9.10. The molecule has 1 aromatic heterocycles. The largest absolute Gasteiger partial charge is 0.370 e. The minimum atomic E-state index is 0.446. The number of halogens is 1. The average Bonchev–Trinajstić information content (AvgIpc) is 3.05. The molecule has 4 heteroatoms. The van der Waals surface area contributed by atoms with Gasteiger partial charge in [-0.25, -0.2) is 0 Å². The van der Waals surface area contributed by atoms with Gasteiger partial charge in [-0.3, -0.25) is 4.98 Å². The summed E-state index contributed by atoms with van der Waals surface area (Å²) in [5.74, 6) is 0. The molecule has 1 aromatic carbocycles. The normalized spacial score (nSPS) is 23.3. The van der Waals surface area contributed by atoms with Crippen molar-refractivity contribution < 1.29 is 0 Å². The van der Waals surface area contributed by atoms with Gasteiger partial charge in [0.25, 0.3) is 0 Å². The fraction of sp³-hybridized carbons (Fsp3) is 0.450. The van der Waals surface area contributed by atoms with E-state index in [1.807, 2.05) is 6.20 Å². The minimum absolute atomic E-state index is 0.446. The van der Waals surface area contributed by atoms with Gasteiger partial charge in [0.2, 0.25) is 0 Å². The van der Waals surface area contributed by atoms with Gasteiger partial charge >= 0.3 is 0 Å². The number of aromatic nitrogens is 1. The highest BCUT2D eigenvalue weighted by Gasteiger charge is 2.28. The second-order valence-electron chi connectivity index (χ2n) is 7.07. The van der Waals surface area contributed by atoms with Gasteiger partial charge in [0.05, 0.1) is 0 Å². The van der Waals surface area contributed by atoms with E-state index in [4.69, 9.17) is 0 Å². The Labute approximate surface area is 152 Å². The van der Waals surface area contributed by atoms with E-state index in [1.54, 1.807) is 0 Å². The van der Waals surface area contributed by atoms with Gasteiger partial charge in [-0.15, -0.1) is 0 Å². The molecule has 0 bridgehead atoms. The van der Waals surface area contributed by atoms with Gasteiger partial charge in [0.15, 0.2) is 0 Å². The van der Waals surface area contributed by atoms with Crippen LogP contribution in [0.25, 0.3) is 0 Å². The Morgan fingerprint density at radius 1 is 1.25 bits per heavy atom. The number of hydrogen-bond acceptors (Lipinski definition) is 3. The maximum absolute atomic E-state index is 4.40. The fourth-order valence-corrected chi connectivity index (χ4v) is 4.64. The molecular weight excluding hydrogens is 362 g/mol. The van der Waals surface area contributed by atoms with E-state index in [9.17, 15) is 0 Å². The predicted molar refractivity (Wildman–Crippen MR) is 103 cm³/mol. The molecule has 0 amide bonds. The monoisotopic (exact) mass is 385 g/mol. The first kappa shape index (κ1) is 16.1. The number of nitrogens with zero attached hydrogens (tertiary/aromatic N) is 2. The zero-order chi connectivity index (χ0) is 16.5. The number of anilines is 1. The van der Waals surface area contributed by atoms with E-state index < -0.39 is 0 Å². The summed E-state index contributed by atoms with van der Waals surface area (Å²) in [5, 5.41) is 3.91. The highest BCUT2D eigenvalue weighted by atomic mass is 79.9. The zero-order valence-electron chi connectivity index (χ0n) is 14.1. The van der Waals surface area contributed by atoms with Gasteiger partial charge < -0.3 is 10.2 Å². The predicted octanol–water partition coefficient (Wildman–Crippen LogP) is 4.40. The van der Waals surface area contributed by atoms with Crippen LogP contribution in [-0.4, -0.2) is 24.1 Å². The van der Waals surface area contributed by atoms with E-state index >= 15 is 0 Å². The average molecular weight is 386 g/mol. The van der Waals surface area contributed by atoms with Crippen LogP contribution in [0.3, 0.4) is 0 Å². The lowest BCUT2D eigenvalue weighted by Gasteiger charge is -2.29. The van der Waals surface area contributed by atoms with E-state index in [0.717, 1.165) is 19.5 Å². The summed E-state index contributed by atoms with van der Waals surface area (Å²) >= 11 is 3.67. The minimum Gasteiger partial charge on any atom is -0.370 e. The van der Waals surface area contributed by atoms with Crippen molar-refractivity contribution in [3.63, 3.8) is 0 Å². The van der Waals surface area contributed by atoms with Crippen LogP contribution in [-0.2, 0) is 6.42 Å². The maximum atomic E-state index is 4.40. The molecule has 2 aromatic rings. The molecule has 1 N–H and O–H groups in total. The Bertz CT molecular complexity index is 731. The van der Waals surface area contributed by atoms with Crippen molar-refractivity contribution in [1.82, 2.24) is 10.3 Å². The van der Waals surface area contributed by atoms with Gasteiger partial charge in [0.1, 0.15) is 0 Å². The van der Waals surface area contributed by atoms with Gasteiger partial charge in [-0.05, 0) is 77.4 Å². The summed E-state index contributed by atoms with van der Waals surface area (Å²) < 4.78 is 1.17. The van der Waals surface area contributed by atoms with Gasteiger partial charge in [0, 0.05) is 47.7 Å². The molecule has 24 heavy (non-hydrogen) atoms. The maximum Gasteiger partial charge on any atom is 0.0413 e. The third kappa shape index (κ3) is 3.22. The summed E-state index contributed by atoms with van der Waals surface area (Å²) in [6.45, 7) is 4.40. The number of aryl methyl sites for hydroxylation is 1. The van der Waals surface area contributed by atoms with Gasteiger partial charge in [-0.1, -0.05) is 12.1 Å². The van der Waals surface area contributed by atoms with Crippen LogP contribution < -0.4 is 10.2 Å². The molecule has 126 valence electrons. The zero-order valence-corrected chi connectivity index (χ0v) is 15.7. The summed E-state index contributed by atoms with van der Waals surface area (Å²) in [6, 6.07) is 9.85. The number of pyridine rings is 1. The highest BCUT2D eigenvalue weighted by Crippen LogP contribution is 2.34. The van der Waals surface area contributed by atoms with Crippen molar-refractivity contribution in [3.8, 4) is 0 Å². The summed E-state index contributed by atoms with van der Waals surface area (Å²) in [4.78, 5) is 6.90. The third-order valence-corrected chi connectivity index (χ3v) is 6.01. The fourth-order valence-electron chi connectivity index (χ4n) is 4.09. The number of benzene rings is 1. The van der Waals surface area contributed by atoms with Crippen molar-refractivity contribution in [3.05, 3.63) is 57.8 Å². The first-order valence-corrected chi connectivity index (χ1v) is 9.70. The molecule has 0 radical (unpaired) electrons. The Kier molecular flexibility index (Phi) is 4.59. The molecule has 2 aliphatic rings. The van der Waals surface area contributed by atoms with Crippen LogP contribution in [0.1, 0.15) is 42.0 Å². The van der Waals surface area contributed by atoms with E-state index in [0.29, 0.717) is 12.1 Å². The summed E-state index contributed by atoms with van der Waals surface area (Å²) in [7, 11) is 0. The quantitative estimate of drug-likeness (QED) is 0.848. The van der Waals surface area contributed by atoms with E-state index in [1.165, 1.54) is 46.1 Å². The lowest BCUT2D eigenvalue weighted by atomic mass is 9.88. The van der Waals surface area contributed by atoms with Crippen molar-refractivity contribution >= 4 is 21.6 Å². The molecule has 2 atom stereocenters. The van der Waals surface area contributed by atoms with Crippen molar-refractivity contribution in [2.75, 3.05) is 18.0 Å². The Balaban J connectivity index is 1.45. The first-order chi connectivity index (χ1) is 11.7. The van der Waals surface area contributed by atoms with Crippen LogP contribution in [0.5, 0.6) is 0 Å². The Hall–Kier alpha value is -1.39. The van der Waals surface area contributed by atoms with E-state index in [2.05, 4.69) is 68.5 Å². The standard InChI is InChI=1S/C20H24BrN3/c1-14-4-2-5-16(10-14)24-9-8-15(13-24)23-20-7-3-6-17-18(20)11-22-12-19(17)21/h2,4-5,10-12,15,20,23H,3,6-9,13H2,1H3. The molecular formula is C20H24BrN3. The number of nitrogens with one attached hydrogen (secondary N) is 1.